The van der Waals surface area contributed by atoms with Crippen molar-refractivity contribution in [3.8, 4) is 5.75 Å². The van der Waals surface area contributed by atoms with Crippen molar-refractivity contribution >= 4 is 5.69 Å². The molecule has 0 aliphatic heterocycles. The number of aromatic hydroxyl groups is 1. The third-order valence-corrected chi connectivity index (χ3v) is 2.11. The SMILES string of the molecule is Cc1ccc(CNc2cccc(O)c2)o1. The molecule has 0 saturated carbocycles. The van der Waals surface area contributed by atoms with Crippen molar-refractivity contribution in [1.82, 2.24) is 0 Å². The molecule has 78 valence electrons. The molecular formula is C12H13NO2. The van der Waals surface area contributed by atoms with Gasteiger partial charge in [-0.15, -0.1) is 0 Å². The van der Waals surface area contributed by atoms with E-state index >= 15 is 0 Å². The van der Waals surface area contributed by atoms with E-state index in [0.717, 1.165) is 17.2 Å². The van der Waals surface area contributed by atoms with Gasteiger partial charge in [0.15, 0.2) is 0 Å². The molecule has 3 heteroatoms. The molecule has 0 unspecified atom stereocenters. The Hall–Kier alpha value is -1.90. The summed E-state index contributed by atoms with van der Waals surface area (Å²) in [6.07, 6.45) is 0. The Labute approximate surface area is 88.4 Å². The van der Waals surface area contributed by atoms with Crippen LogP contribution in [0.25, 0.3) is 0 Å². The van der Waals surface area contributed by atoms with Crippen molar-refractivity contribution in [1.29, 1.82) is 0 Å². The molecule has 0 saturated heterocycles. The number of phenolic OH excluding ortho intramolecular Hbond substituents is 1. The number of benzene rings is 1. The molecule has 0 spiro atoms. The number of phenols is 1. The molecular weight excluding hydrogens is 190 g/mol. The lowest BCUT2D eigenvalue weighted by Crippen LogP contribution is -1.97. The Morgan fingerprint density at radius 2 is 2.13 bits per heavy atom. The van der Waals surface area contributed by atoms with Gasteiger partial charge >= 0.3 is 0 Å². The summed E-state index contributed by atoms with van der Waals surface area (Å²) in [5, 5.41) is 12.4. The molecule has 0 aliphatic carbocycles. The maximum absolute atomic E-state index is 9.25. The molecule has 15 heavy (non-hydrogen) atoms. The number of anilines is 1. The minimum atomic E-state index is 0.260. The van der Waals surface area contributed by atoms with Gasteiger partial charge in [-0.3, -0.25) is 0 Å². The molecule has 1 heterocycles. The number of aryl methyl sites for hydroxylation is 1. The minimum absolute atomic E-state index is 0.260. The lowest BCUT2D eigenvalue weighted by molar-refractivity contribution is 0.475. The van der Waals surface area contributed by atoms with Crippen molar-refractivity contribution in [2.45, 2.75) is 13.5 Å². The summed E-state index contributed by atoms with van der Waals surface area (Å²) in [7, 11) is 0. The zero-order valence-corrected chi connectivity index (χ0v) is 8.53. The average Bonchev–Trinajstić information content (AvgIpc) is 2.62. The average molecular weight is 203 g/mol. The highest BCUT2D eigenvalue weighted by Crippen LogP contribution is 2.16. The van der Waals surface area contributed by atoms with Gasteiger partial charge in [0.2, 0.25) is 0 Å². The van der Waals surface area contributed by atoms with Gasteiger partial charge < -0.3 is 14.8 Å². The van der Waals surface area contributed by atoms with Crippen LogP contribution in [0, 0.1) is 6.92 Å². The summed E-state index contributed by atoms with van der Waals surface area (Å²) in [4.78, 5) is 0. The molecule has 0 radical (unpaired) electrons. The van der Waals surface area contributed by atoms with Crippen LogP contribution in [0.4, 0.5) is 5.69 Å². The van der Waals surface area contributed by atoms with Crippen LogP contribution < -0.4 is 5.32 Å². The third-order valence-electron chi connectivity index (χ3n) is 2.11. The first-order valence-corrected chi connectivity index (χ1v) is 4.82. The number of rotatable bonds is 3. The second-order valence-electron chi connectivity index (χ2n) is 3.42. The van der Waals surface area contributed by atoms with E-state index in [9.17, 15) is 5.11 Å². The first kappa shape index (κ1) is 9.65. The second-order valence-corrected chi connectivity index (χ2v) is 3.42. The van der Waals surface area contributed by atoms with Gasteiger partial charge in [0, 0.05) is 11.8 Å². The van der Waals surface area contributed by atoms with Crippen LogP contribution in [0.15, 0.2) is 40.8 Å². The van der Waals surface area contributed by atoms with Crippen molar-refractivity contribution in [3.05, 3.63) is 47.9 Å². The lowest BCUT2D eigenvalue weighted by Gasteiger charge is -2.04. The fraction of sp³-hybridized carbons (Fsp3) is 0.167. The van der Waals surface area contributed by atoms with Gasteiger partial charge in [-0.1, -0.05) is 6.07 Å². The van der Waals surface area contributed by atoms with Crippen LogP contribution >= 0.6 is 0 Å². The first-order valence-electron chi connectivity index (χ1n) is 4.82. The highest BCUT2D eigenvalue weighted by Gasteiger charge is 1.98. The summed E-state index contributed by atoms with van der Waals surface area (Å²) in [5.74, 6) is 2.05. The third kappa shape index (κ3) is 2.53. The van der Waals surface area contributed by atoms with E-state index in [1.165, 1.54) is 0 Å². The highest BCUT2D eigenvalue weighted by molar-refractivity contribution is 5.47. The Morgan fingerprint density at radius 1 is 1.27 bits per heavy atom. The molecule has 0 aliphatic rings. The van der Waals surface area contributed by atoms with E-state index in [0.29, 0.717) is 6.54 Å². The van der Waals surface area contributed by atoms with Gasteiger partial charge in [0.05, 0.1) is 6.54 Å². The number of hydrogen-bond donors (Lipinski definition) is 2. The van der Waals surface area contributed by atoms with Crippen LogP contribution in [0.3, 0.4) is 0 Å². The molecule has 1 aromatic heterocycles. The summed E-state index contributed by atoms with van der Waals surface area (Å²) in [6, 6.07) is 10.9. The molecule has 2 N–H and O–H groups in total. The van der Waals surface area contributed by atoms with Gasteiger partial charge in [0.1, 0.15) is 17.3 Å². The predicted molar refractivity (Wildman–Crippen MR) is 58.9 cm³/mol. The van der Waals surface area contributed by atoms with E-state index in [1.807, 2.05) is 25.1 Å². The van der Waals surface area contributed by atoms with Crippen molar-refractivity contribution < 1.29 is 9.52 Å². The summed E-state index contributed by atoms with van der Waals surface area (Å²) < 4.78 is 5.41. The lowest BCUT2D eigenvalue weighted by atomic mass is 10.3. The molecule has 0 fully saturated rings. The molecule has 2 rings (SSSR count). The second kappa shape index (κ2) is 4.09. The Balaban J connectivity index is 1.99. The highest BCUT2D eigenvalue weighted by atomic mass is 16.3. The van der Waals surface area contributed by atoms with Gasteiger partial charge in [-0.25, -0.2) is 0 Å². The Kier molecular flexibility index (Phi) is 2.63. The summed E-state index contributed by atoms with van der Waals surface area (Å²) >= 11 is 0. The smallest absolute Gasteiger partial charge is 0.123 e. The van der Waals surface area contributed by atoms with Crippen LogP contribution in [0.5, 0.6) is 5.75 Å². The fourth-order valence-corrected chi connectivity index (χ4v) is 1.39. The fourth-order valence-electron chi connectivity index (χ4n) is 1.39. The molecule has 2 aromatic rings. The van der Waals surface area contributed by atoms with Crippen molar-refractivity contribution in [2.24, 2.45) is 0 Å². The number of nitrogens with one attached hydrogen (secondary N) is 1. The van der Waals surface area contributed by atoms with Crippen LogP contribution in [0.2, 0.25) is 0 Å². The molecule has 1 aromatic carbocycles. The largest absolute Gasteiger partial charge is 0.508 e. The van der Waals surface area contributed by atoms with Crippen LogP contribution in [0.1, 0.15) is 11.5 Å². The van der Waals surface area contributed by atoms with Crippen LogP contribution in [-0.4, -0.2) is 5.11 Å². The van der Waals surface area contributed by atoms with Gasteiger partial charge in [-0.2, -0.15) is 0 Å². The standard InChI is InChI=1S/C12H13NO2/c1-9-5-6-12(15-9)8-13-10-3-2-4-11(14)7-10/h2-7,13-14H,8H2,1H3. The normalized spacial score (nSPS) is 10.2. The minimum Gasteiger partial charge on any atom is -0.508 e. The van der Waals surface area contributed by atoms with Crippen molar-refractivity contribution in [3.63, 3.8) is 0 Å². The quantitative estimate of drug-likeness (QED) is 0.806. The zero-order chi connectivity index (χ0) is 10.7. The van der Waals surface area contributed by atoms with E-state index in [4.69, 9.17) is 4.42 Å². The molecule has 3 nitrogen and oxygen atoms in total. The monoisotopic (exact) mass is 203 g/mol. The van der Waals surface area contributed by atoms with E-state index < -0.39 is 0 Å². The van der Waals surface area contributed by atoms with E-state index in [2.05, 4.69) is 5.32 Å². The van der Waals surface area contributed by atoms with Crippen LogP contribution in [-0.2, 0) is 6.54 Å². The van der Waals surface area contributed by atoms with Gasteiger partial charge in [0.25, 0.3) is 0 Å². The van der Waals surface area contributed by atoms with Gasteiger partial charge in [-0.05, 0) is 31.2 Å². The van der Waals surface area contributed by atoms with Crippen molar-refractivity contribution in [2.75, 3.05) is 5.32 Å². The first-order chi connectivity index (χ1) is 7.24. The number of hydrogen-bond acceptors (Lipinski definition) is 3. The maximum Gasteiger partial charge on any atom is 0.123 e. The summed E-state index contributed by atoms with van der Waals surface area (Å²) in [6.45, 7) is 2.54. The Morgan fingerprint density at radius 3 is 2.80 bits per heavy atom. The Bertz CT molecular complexity index is 448. The van der Waals surface area contributed by atoms with E-state index in [1.54, 1.807) is 18.2 Å². The molecule has 0 amide bonds. The number of furan rings is 1. The molecule has 0 atom stereocenters. The predicted octanol–water partition coefficient (Wildman–Crippen LogP) is 2.91. The maximum atomic E-state index is 9.25. The van der Waals surface area contributed by atoms with E-state index in [-0.39, 0.29) is 5.75 Å². The zero-order valence-electron chi connectivity index (χ0n) is 8.53. The summed E-state index contributed by atoms with van der Waals surface area (Å²) in [5.41, 5.74) is 0.879. The molecule has 0 bridgehead atoms. The topological polar surface area (TPSA) is 45.4 Å².